The van der Waals surface area contributed by atoms with Gasteiger partial charge in [-0.05, 0) is 37.1 Å². The van der Waals surface area contributed by atoms with Crippen LogP contribution in [-0.4, -0.2) is 50.7 Å². The summed E-state index contributed by atoms with van der Waals surface area (Å²) in [7, 11) is -2.57. The Morgan fingerprint density at radius 1 is 1.00 bits per heavy atom. The third-order valence-electron chi connectivity index (χ3n) is 4.47. The lowest BCUT2D eigenvalue weighted by atomic mass is 10.1. The zero-order valence-electron chi connectivity index (χ0n) is 18.0. The first-order chi connectivity index (χ1) is 15.8. The van der Waals surface area contributed by atoms with Crippen LogP contribution in [0.4, 0.5) is 10.8 Å². The van der Waals surface area contributed by atoms with Gasteiger partial charge in [0.15, 0.2) is 0 Å². The maximum Gasteiger partial charge on any atom is 0.291 e. The van der Waals surface area contributed by atoms with E-state index < -0.39 is 21.8 Å². The number of methoxy groups -OCH3 is 1. The lowest BCUT2D eigenvalue weighted by Crippen LogP contribution is -2.26. The van der Waals surface area contributed by atoms with Crippen LogP contribution < -0.4 is 15.4 Å². The van der Waals surface area contributed by atoms with Gasteiger partial charge in [-0.1, -0.05) is 41.7 Å². The fourth-order valence-electron chi connectivity index (χ4n) is 2.83. The molecule has 0 spiro atoms. The first-order valence-electron chi connectivity index (χ1n) is 9.91. The van der Waals surface area contributed by atoms with E-state index >= 15 is 0 Å². The summed E-state index contributed by atoms with van der Waals surface area (Å²) >= 11 is 0.702. The molecule has 12 heteroatoms. The summed E-state index contributed by atoms with van der Waals surface area (Å²) in [6, 6.07) is 13.2. The third-order valence-corrected chi connectivity index (χ3v) is 7.04. The number of sulfonamides is 1. The van der Waals surface area contributed by atoms with E-state index in [1.807, 2.05) is 6.07 Å². The number of nitrogens with zero attached hydrogens (tertiary/aromatic N) is 2. The topological polar surface area (TPSA) is 139 Å². The number of para-hydroxylation sites is 1. The number of hydrogen-bond acceptors (Lipinski definition) is 8. The number of amides is 2. The van der Waals surface area contributed by atoms with E-state index in [1.54, 1.807) is 44.4 Å². The Balaban J connectivity index is 1.72. The highest BCUT2D eigenvalue weighted by Crippen LogP contribution is 2.25. The summed E-state index contributed by atoms with van der Waals surface area (Å²) in [6.45, 7) is 2.67. The van der Waals surface area contributed by atoms with Crippen LogP contribution in [0.1, 0.15) is 32.7 Å². The molecular weight excluding hydrogens is 466 g/mol. The van der Waals surface area contributed by atoms with Crippen molar-refractivity contribution >= 4 is 44.0 Å². The molecule has 1 heterocycles. The molecule has 3 aromatic rings. The highest BCUT2D eigenvalue weighted by atomic mass is 32.2. The molecular formula is C21H23N5O5S2. The summed E-state index contributed by atoms with van der Waals surface area (Å²) in [5.74, 6) is -0.843. The summed E-state index contributed by atoms with van der Waals surface area (Å²) < 4.78 is 32.6. The molecule has 2 aromatic carbocycles. The second-order valence-corrected chi connectivity index (χ2v) is 9.73. The molecule has 3 N–H and O–H groups in total. The fraction of sp³-hybridized carbons (Fsp3) is 0.238. The number of carbonyl (C=O) groups excluding carboxylic acids is 2. The van der Waals surface area contributed by atoms with Crippen LogP contribution in [0.5, 0.6) is 0 Å². The number of benzene rings is 2. The number of carbonyl (C=O) groups is 2. The molecule has 0 aliphatic rings. The average Bonchev–Trinajstić information content (AvgIpc) is 3.26. The molecule has 3 rings (SSSR count). The van der Waals surface area contributed by atoms with E-state index in [2.05, 4.69) is 25.6 Å². The predicted molar refractivity (Wildman–Crippen MR) is 125 cm³/mol. The van der Waals surface area contributed by atoms with Crippen LogP contribution in [0.2, 0.25) is 0 Å². The molecule has 0 radical (unpaired) electrons. The number of aryl methyl sites for hydroxylation is 1. The molecule has 0 aliphatic carbocycles. The quantitative estimate of drug-likeness (QED) is 0.294. The van der Waals surface area contributed by atoms with Crippen molar-refractivity contribution < 1.29 is 22.7 Å². The van der Waals surface area contributed by atoms with Crippen molar-refractivity contribution in [1.82, 2.24) is 15.5 Å². The molecule has 0 unspecified atom stereocenters. The molecule has 33 heavy (non-hydrogen) atoms. The predicted octanol–water partition coefficient (Wildman–Crippen LogP) is 2.67. The van der Waals surface area contributed by atoms with Gasteiger partial charge in [0.25, 0.3) is 26.2 Å². The van der Waals surface area contributed by atoms with Crippen molar-refractivity contribution in [3.8, 4) is 0 Å². The highest BCUT2D eigenvalue weighted by molar-refractivity contribution is 7.94. The van der Waals surface area contributed by atoms with E-state index in [0.717, 1.165) is 5.56 Å². The Kier molecular flexibility index (Phi) is 8.09. The molecule has 10 nitrogen and oxygen atoms in total. The number of anilines is 2. The van der Waals surface area contributed by atoms with Gasteiger partial charge in [0.05, 0.1) is 11.3 Å². The van der Waals surface area contributed by atoms with E-state index in [4.69, 9.17) is 4.74 Å². The van der Waals surface area contributed by atoms with Crippen LogP contribution >= 0.6 is 11.3 Å². The van der Waals surface area contributed by atoms with Gasteiger partial charge in [-0.15, -0.1) is 10.2 Å². The van der Waals surface area contributed by atoms with Crippen molar-refractivity contribution in [2.24, 2.45) is 0 Å². The van der Waals surface area contributed by atoms with Crippen LogP contribution in [-0.2, 0) is 14.8 Å². The Hall–Kier alpha value is -3.35. The number of hydrogen-bond donors (Lipinski definition) is 3. The van der Waals surface area contributed by atoms with Crippen LogP contribution in [0.15, 0.2) is 52.9 Å². The summed E-state index contributed by atoms with van der Waals surface area (Å²) in [6.07, 6.45) is 0.623. The molecule has 0 aliphatic heterocycles. The average molecular weight is 490 g/mol. The van der Waals surface area contributed by atoms with Crippen molar-refractivity contribution in [2.75, 3.05) is 30.3 Å². The van der Waals surface area contributed by atoms with Gasteiger partial charge in [-0.3, -0.25) is 19.6 Å². The van der Waals surface area contributed by atoms with Crippen LogP contribution in [0.25, 0.3) is 0 Å². The molecule has 0 atom stereocenters. The normalized spacial score (nSPS) is 11.1. The SMILES string of the molecule is COCCCNC(=O)c1ccccc1NS(=O)(=O)c1nnc(NC(=O)c2ccccc2C)s1. The Morgan fingerprint density at radius 3 is 2.42 bits per heavy atom. The molecule has 174 valence electrons. The third kappa shape index (κ3) is 6.34. The molecule has 0 saturated carbocycles. The number of aromatic nitrogens is 2. The maximum atomic E-state index is 12.8. The van der Waals surface area contributed by atoms with Gasteiger partial charge < -0.3 is 10.1 Å². The molecule has 0 bridgehead atoms. The van der Waals surface area contributed by atoms with Crippen LogP contribution in [0.3, 0.4) is 0 Å². The van der Waals surface area contributed by atoms with Gasteiger partial charge in [-0.2, -0.15) is 8.42 Å². The van der Waals surface area contributed by atoms with E-state index in [-0.39, 0.29) is 20.7 Å². The van der Waals surface area contributed by atoms with Crippen LogP contribution in [0, 0.1) is 6.92 Å². The van der Waals surface area contributed by atoms with Crippen molar-refractivity contribution in [1.29, 1.82) is 0 Å². The molecule has 0 fully saturated rings. The number of ether oxygens (including phenoxy) is 1. The Bertz CT molecular complexity index is 1240. The fourth-order valence-corrected chi connectivity index (χ4v) is 4.81. The van der Waals surface area contributed by atoms with Crippen molar-refractivity contribution in [2.45, 2.75) is 17.7 Å². The standard InChI is InChI=1S/C21H23N5O5S2/c1-14-8-3-4-9-15(14)19(28)23-20-24-25-21(32-20)33(29,30)26-17-11-6-5-10-16(17)18(27)22-12-7-13-31-2/h3-6,8-11,26H,7,12-13H2,1-2H3,(H,22,27)(H,23,24,28). The first kappa shape index (κ1) is 24.3. The van der Waals surface area contributed by atoms with Crippen molar-refractivity contribution in [3.63, 3.8) is 0 Å². The van der Waals surface area contributed by atoms with Gasteiger partial charge in [0.1, 0.15) is 0 Å². The van der Waals surface area contributed by atoms with Gasteiger partial charge in [0.2, 0.25) is 5.13 Å². The van der Waals surface area contributed by atoms with Gasteiger partial charge in [0, 0.05) is 25.8 Å². The summed E-state index contributed by atoms with van der Waals surface area (Å²) in [5.41, 5.74) is 1.48. The van der Waals surface area contributed by atoms with Crippen molar-refractivity contribution in [3.05, 3.63) is 65.2 Å². The maximum absolute atomic E-state index is 12.8. The minimum Gasteiger partial charge on any atom is -0.385 e. The van der Waals surface area contributed by atoms with Gasteiger partial charge >= 0.3 is 0 Å². The number of nitrogens with one attached hydrogen (secondary N) is 3. The van der Waals surface area contributed by atoms with E-state index in [0.29, 0.717) is 36.5 Å². The van der Waals surface area contributed by atoms with E-state index in [1.165, 1.54) is 12.1 Å². The Labute approximate surface area is 195 Å². The monoisotopic (exact) mass is 489 g/mol. The minimum absolute atomic E-state index is 0.0350. The minimum atomic E-state index is -4.14. The second-order valence-electron chi connectivity index (χ2n) is 6.90. The lowest BCUT2D eigenvalue weighted by Gasteiger charge is -2.11. The summed E-state index contributed by atoms with van der Waals surface area (Å²) in [4.78, 5) is 24.9. The largest absolute Gasteiger partial charge is 0.385 e. The van der Waals surface area contributed by atoms with Gasteiger partial charge in [-0.25, -0.2) is 0 Å². The molecule has 2 amide bonds. The summed E-state index contributed by atoms with van der Waals surface area (Å²) in [5, 5.41) is 12.8. The smallest absolute Gasteiger partial charge is 0.291 e. The molecule has 0 saturated heterocycles. The first-order valence-corrected chi connectivity index (χ1v) is 12.2. The highest BCUT2D eigenvalue weighted by Gasteiger charge is 2.23. The lowest BCUT2D eigenvalue weighted by molar-refractivity contribution is 0.0948. The number of rotatable bonds is 10. The van der Waals surface area contributed by atoms with E-state index in [9.17, 15) is 18.0 Å². The zero-order valence-corrected chi connectivity index (χ0v) is 19.6. The second kappa shape index (κ2) is 11.0. The Morgan fingerprint density at radius 2 is 1.70 bits per heavy atom. The molecule has 1 aromatic heterocycles. The zero-order chi connectivity index (χ0) is 23.8.